The van der Waals surface area contributed by atoms with Crippen molar-refractivity contribution in [1.82, 2.24) is 10.5 Å². The first-order valence-corrected chi connectivity index (χ1v) is 8.13. The fourth-order valence-corrected chi connectivity index (χ4v) is 3.29. The molecule has 1 aliphatic carbocycles. The maximum absolute atomic E-state index is 12.9. The van der Waals surface area contributed by atoms with E-state index in [1.54, 1.807) is 13.2 Å². The van der Waals surface area contributed by atoms with E-state index in [1.165, 1.54) is 0 Å². The SMILES string of the molecule is Cc1noc(-c2ccccc2)c1C(=O)N[C@@H]1CCCc2occc21. The molecule has 3 aromatic rings. The molecule has 1 atom stereocenters. The Morgan fingerprint density at radius 2 is 2.08 bits per heavy atom. The highest BCUT2D eigenvalue weighted by atomic mass is 16.5. The minimum atomic E-state index is -0.161. The van der Waals surface area contributed by atoms with Gasteiger partial charge in [-0.25, -0.2) is 0 Å². The molecule has 4 rings (SSSR count). The fourth-order valence-electron chi connectivity index (χ4n) is 3.29. The number of rotatable bonds is 3. The van der Waals surface area contributed by atoms with Crippen LogP contribution in [0.2, 0.25) is 0 Å². The molecule has 0 radical (unpaired) electrons. The van der Waals surface area contributed by atoms with Crippen LogP contribution >= 0.6 is 0 Å². The van der Waals surface area contributed by atoms with E-state index < -0.39 is 0 Å². The van der Waals surface area contributed by atoms with Crippen LogP contribution in [0.4, 0.5) is 0 Å². The van der Waals surface area contributed by atoms with Gasteiger partial charge in [-0.2, -0.15) is 0 Å². The highest BCUT2D eigenvalue weighted by Gasteiger charge is 2.28. The van der Waals surface area contributed by atoms with Crippen LogP contribution in [0.3, 0.4) is 0 Å². The van der Waals surface area contributed by atoms with Gasteiger partial charge < -0.3 is 14.3 Å². The molecule has 0 fully saturated rings. The highest BCUT2D eigenvalue weighted by Crippen LogP contribution is 2.32. The van der Waals surface area contributed by atoms with Crippen LogP contribution in [0.25, 0.3) is 11.3 Å². The Morgan fingerprint density at radius 3 is 2.92 bits per heavy atom. The molecule has 1 N–H and O–H groups in total. The average Bonchev–Trinajstić information content (AvgIpc) is 3.22. The van der Waals surface area contributed by atoms with Gasteiger partial charge in [-0.3, -0.25) is 4.79 Å². The van der Waals surface area contributed by atoms with Gasteiger partial charge >= 0.3 is 0 Å². The topological polar surface area (TPSA) is 68.3 Å². The van der Waals surface area contributed by atoms with Crippen molar-refractivity contribution in [3.05, 3.63) is 65.2 Å². The molecule has 0 bridgehead atoms. The first-order chi connectivity index (χ1) is 11.7. The smallest absolute Gasteiger partial charge is 0.257 e. The van der Waals surface area contributed by atoms with Crippen LogP contribution < -0.4 is 5.32 Å². The fraction of sp³-hybridized carbons (Fsp3) is 0.263. The number of carbonyl (C=O) groups excluding carboxylic acids is 1. The second-order valence-corrected chi connectivity index (χ2v) is 6.06. The molecule has 0 spiro atoms. The normalized spacial score (nSPS) is 16.6. The van der Waals surface area contributed by atoms with Gasteiger partial charge in [-0.1, -0.05) is 35.5 Å². The molecule has 0 unspecified atom stereocenters. The highest BCUT2D eigenvalue weighted by molar-refractivity contribution is 6.00. The molecule has 0 saturated heterocycles. The summed E-state index contributed by atoms with van der Waals surface area (Å²) < 4.78 is 10.9. The Hall–Kier alpha value is -2.82. The third-order valence-corrected chi connectivity index (χ3v) is 4.48. The molecular weight excluding hydrogens is 304 g/mol. The summed E-state index contributed by atoms with van der Waals surface area (Å²) in [5, 5.41) is 7.10. The van der Waals surface area contributed by atoms with Gasteiger partial charge in [0.05, 0.1) is 18.0 Å². The number of fused-ring (bicyclic) bond motifs is 1. The largest absolute Gasteiger partial charge is 0.469 e. The molecule has 1 aliphatic rings. The van der Waals surface area contributed by atoms with Crippen molar-refractivity contribution < 1.29 is 13.7 Å². The van der Waals surface area contributed by atoms with Gasteiger partial charge in [0.2, 0.25) is 0 Å². The summed E-state index contributed by atoms with van der Waals surface area (Å²) in [7, 11) is 0. The zero-order valence-corrected chi connectivity index (χ0v) is 13.4. The lowest BCUT2D eigenvalue weighted by Gasteiger charge is -2.22. The van der Waals surface area contributed by atoms with Gasteiger partial charge in [0.1, 0.15) is 11.3 Å². The Bertz CT molecular complexity index is 864. The molecule has 5 nitrogen and oxygen atoms in total. The molecule has 2 aromatic heterocycles. The monoisotopic (exact) mass is 322 g/mol. The summed E-state index contributed by atoms with van der Waals surface area (Å²) >= 11 is 0. The van der Waals surface area contributed by atoms with Gasteiger partial charge in [0.25, 0.3) is 5.91 Å². The zero-order valence-electron chi connectivity index (χ0n) is 13.4. The van der Waals surface area contributed by atoms with Gasteiger partial charge in [-0.05, 0) is 25.8 Å². The number of benzene rings is 1. The molecule has 0 saturated carbocycles. The maximum Gasteiger partial charge on any atom is 0.257 e. The third-order valence-electron chi connectivity index (χ3n) is 4.48. The first-order valence-electron chi connectivity index (χ1n) is 8.13. The van der Waals surface area contributed by atoms with Crippen LogP contribution in [0.5, 0.6) is 0 Å². The maximum atomic E-state index is 12.9. The minimum Gasteiger partial charge on any atom is -0.469 e. The lowest BCUT2D eigenvalue weighted by molar-refractivity contribution is 0.0932. The first kappa shape index (κ1) is 14.8. The van der Waals surface area contributed by atoms with Crippen molar-refractivity contribution in [1.29, 1.82) is 0 Å². The summed E-state index contributed by atoms with van der Waals surface area (Å²) in [6, 6.07) is 11.5. The van der Waals surface area contributed by atoms with Crippen LogP contribution in [0.1, 0.15) is 46.3 Å². The van der Waals surface area contributed by atoms with Crippen molar-refractivity contribution in [2.75, 3.05) is 0 Å². The van der Waals surface area contributed by atoms with Crippen molar-refractivity contribution >= 4 is 5.91 Å². The number of carbonyl (C=O) groups is 1. The number of aromatic nitrogens is 1. The second-order valence-electron chi connectivity index (χ2n) is 6.06. The predicted octanol–water partition coefficient (Wildman–Crippen LogP) is 4.05. The Labute approximate surface area is 139 Å². The lowest BCUT2D eigenvalue weighted by atomic mass is 9.93. The van der Waals surface area contributed by atoms with Gasteiger partial charge in [-0.15, -0.1) is 0 Å². The van der Waals surface area contributed by atoms with Crippen molar-refractivity contribution in [3.63, 3.8) is 0 Å². The van der Waals surface area contributed by atoms with Crippen molar-refractivity contribution in [3.8, 4) is 11.3 Å². The summed E-state index contributed by atoms with van der Waals surface area (Å²) in [6.07, 6.45) is 4.52. The van der Waals surface area contributed by atoms with E-state index in [4.69, 9.17) is 8.94 Å². The molecule has 0 aliphatic heterocycles. The van der Waals surface area contributed by atoms with Crippen molar-refractivity contribution in [2.24, 2.45) is 0 Å². The van der Waals surface area contributed by atoms with Crippen LogP contribution in [0.15, 0.2) is 51.6 Å². The number of aryl methyl sites for hydroxylation is 2. The molecular formula is C19H18N2O3. The predicted molar refractivity (Wildman–Crippen MR) is 88.5 cm³/mol. The molecule has 2 heterocycles. The lowest BCUT2D eigenvalue weighted by Crippen LogP contribution is -2.31. The van der Waals surface area contributed by atoms with E-state index in [2.05, 4.69) is 10.5 Å². The number of furan rings is 1. The average molecular weight is 322 g/mol. The molecule has 1 aromatic carbocycles. The van der Waals surface area contributed by atoms with E-state index in [-0.39, 0.29) is 11.9 Å². The Kier molecular flexibility index (Phi) is 3.69. The van der Waals surface area contributed by atoms with E-state index in [0.29, 0.717) is 17.0 Å². The summed E-state index contributed by atoms with van der Waals surface area (Å²) in [5.74, 6) is 1.32. The van der Waals surface area contributed by atoms with Crippen molar-refractivity contribution in [2.45, 2.75) is 32.2 Å². The zero-order chi connectivity index (χ0) is 16.5. The van der Waals surface area contributed by atoms with E-state index >= 15 is 0 Å². The molecule has 5 heteroatoms. The molecule has 122 valence electrons. The van der Waals surface area contributed by atoms with Gasteiger partial charge in [0, 0.05) is 17.5 Å². The minimum absolute atomic E-state index is 0.0297. The van der Waals surface area contributed by atoms with Crippen LogP contribution in [0, 0.1) is 6.92 Å². The Balaban J connectivity index is 1.64. The number of amides is 1. The number of hydrogen-bond donors (Lipinski definition) is 1. The number of nitrogens with one attached hydrogen (secondary N) is 1. The quantitative estimate of drug-likeness (QED) is 0.790. The number of nitrogens with zero attached hydrogens (tertiary/aromatic N) is 1. The standard InChI is InChI=1S/C19H18N2O3/c1-12-17(18(24-21-12)13-6-3-2-4-7-13)19(22)20-15-8-5-9-16-14(15)10-11-23-16/h2-4,6-7,10-11,15H,5,8-9H2,1H3,(H,20,22)/t15-/m1/s1. The summed E-state index contributed by atoms with van der Waals surface area (Å²) in [6.45, 7) is 1.79. The van der Waals surface area contributed by atoms with Crippen LogP contribution in [-0.4, -0.2) is 11.1 Å². The van der Waals surface area contributed by atoms with Gasteiger partial charge in [0.15, 0.2) is 5.76 Å². The number of hydrogen-bond acceptors (Lipinski definition) is 4. The Morgan fingerprint density at radius 1 is 1.25 bits per heavy atom. The molecule has 1 amide bonds. The third kappa shape index (κ3) is 2.52. The summed E-state index contributed by atoms with van der Waals surface area (Å²) in [5.41, 5.74) is 3.01. The van der Waals surface area contributed by atoms with E-state index in [9.17, 15) is 4.79 Å². The van der Waals surface area contributed by atoms with E-state index in [0.717, 1.165) is 36.1 Å². The van der Waals surface area contributed by atoms with E-state index in [1.807, 2.05) is 36.4 Å². The summed E-state index contributed by atoms with van der Waals surface area (Å²) in [4.78, 5) is 12.9. The molecule has 24 heavy (non-hydrogen) atoms. The second kappa shape index (κ2) is 6.00. The van der Waals surface area contributed by atoms with Crippen LogP contribution in [-0.2, 0) is 6.42 Å².